The van der Waals surface area contributed by atoms with Gasteiger partial charge in [0.2, 0.25) is 11.7 Å². The third kappa shape index (κ3) is 5.09. The number of halogens is 3. The fourth-order valence-electron chi connectivity index (χ4n) is 5.19. The van der Waals surface area contributed by atoms with E-state index in [2.05, 4.69) is 37.1 Å². The topological polar surface area (TPSA) is 83.3 Å². The summed E-state index contributed by atoms with van der Waals surface area (Å²) in [5, 5.41) is 4.31. The summed E-state index contributed by atoms with van der Waals surface area (Å²) in [6.45, 7) is 9.05. The van der Waals surface area contributed by atoms with Crippen molar-refractivity contribution in [3.8, 4) is 0 Å². The summed E-state index contributed by atoms with van der Waals surface area (Å²) in [4.78, 5) is 30.6. The number of aryl methyl sites for hydroxylation is 2. The van der Waals surface area contributed by atoms with Gasteiger partial charge < -0.3 is 14.7 Å². The Hall–Kier alpha value is -3.70. The van der Waals surface area contributed by atoms with Crippen LogP contribution < -0.4 is 9.80 Å². The van der Waals surface area contributed by atoms with E-state index in [0.29, 0.717) is 44.2 Å². The first-order valence-electron chi connectivity index (χ1n) is 12.3. The smallest absolute Gasteiger partial charge is 0.367 e. The van der Waals surface area contributed by atoms with Gasteiger partial charge in [-0.15, -0.1) is 0 Å². The van der Waals surface area contributed by atoms with Crippen LogP contribution in [-0.2, 0) is 30.5 Å². The van der Waals surface area contributed by atoms with Crippen molar-refractivity contribution in [2.75, 3.05) is 36.0 Å². The standard InChI is InChI=1S/C25H29F3N8O/c1-16-13-34(9-10-35(16)23(37)15-36-18(3)31-17(2)32-36)22-6-4-5-19-7-8-33(14-21(19)22)20-11-29-24(30-12-20)25(26,27)28/h4-6,11-12,16H,7-10,13-15H2,1-3H3. The third-order valence-electron chi connectivity index (χ3n) is 7.04. The molecule has 0 spiro atoms. The molecule has 2 aliphatic heterocycles. The van der Waals surface area contributed by atoms with Gasteiger partial charge in [0.25, 0.3) is 0 Å². The molecule has 1 aromatic carbocycles. The number of hydrogen-bond acceptors (Lipinski definition) is 7. The van der Waals surface area contributed by atoms with Gasteiger partial charge in [-0.2, -0.15) is 18.3 Å². The van der Waals surface area contributed by atoms with Crippen LogP contribution in [0.2, 0.25) is 0 Å². The minimum absolute atomic E-state index is 0.00466. The fourth-order valence-corrected chi connectivity index (χ4v) is 5.19. The number of piperazine rings is 1. The summed E-state index contributed by atoms with van der Waals surface area (Å²) in [5.41, 5.74) is 4.03. The van der Waals surface area contributed by atoms with Crippen LogP contribution in [-0.4, -0.2) is 67.8 Å². The zero-order chi connectivity index (χ0) is 26.3. The van der Waals surface area contributed by atoms with Gasteiger partial charge >= 0.3 is 6.18 Å². The van der Waals surface area contributed by atoms with Crippen molar-refractivity contribution in [1.82, 2.24) is 29.6 Å². The van der Waals surface area contributed by atoms with Crippen molar-refractivity contribution >= 4 is 17.3 Å². The number of hydrogen-bond donors (Lipinski definition) is 0. The number of carbonyl (C=O) groups excluding carboxylic acids is 1. The number of aromatic nitrogens is 5. The molecule has 3 aromatic rings. The van der Waals surface area contributed by atoms with E-state index in [-0.39, 0.29) is 18.5 Å². The SMILES string of the molecule is Cc1nc(C)n(CC(=O)N2CCN(c3cccc4c3CN(c3cnc(C(F)(F)F)nc3)CC4)CC2C)n1. The van der Waals surface area contributed by atoms with E-state index in [0.717, 1.165) is 23.5 Å². The van der Waals surface area contributed by atoms with E-state index in [1.807, 2.05) is 36.6 Å². The molecular formula is C25H29F3N8O. The average Bonchev–Trinajstić information content (AvgIpc) is 3.18. The lowest BCUT2D eigenvalue weighted by Crippen LogP contribution is -2.55. The fraction of sp³-hybridized carbons (Fsp3) is 0.480. The van der Waals surface area contributed by atoms with Crippen molar-refractivity contribution in [3.05, 3.63) is 59.2 Å². The van der Waals surface area contributed by atoms with Crippen molar-refractivity contribution in [1.29, 1.82) is 0 Å². The molecule has 12 heteroatoms. The van der Waals surface area contributed by atoms with Crippen LogP contribution in [0.5, 0.6) is 0 Å². The second-order valence-corrected chi connectivity index (χ2v) is 9.60. The maximum atomic E-state index is 13.0. The van der Waals surface area contributed by atoms with Gasteiger partial charge in [-0.05, 0) is 44.4 Å². The summed E-state index contributed by atoms with van der Waals surface area (Å²) < 4.78 is 40.3. The number of benzene rings is 1. The molecule has 9 nitrogen and oxygen atoms in total. The van der Waals surface area contributed by atoms with Crippen molar-refractivity contribution < 1.29 is 18.0 Å². The number of fused-ring (bicyclic) bond motifs is 1. The highest BCUT2D eigenvalue weighted by Gasteiger charge is 2.35. The molecule has 0 aliphatic carbocycles. The van der Waals surface area contributed by atoms with Crippen molar-refractivity contribution in [3.63, 3.8) is 0 Å². The Labute approximate surface area is 212 Å². The van der Waals surface area contributed by atoms with E-state index in [4.69, 9.17) is 0 Å². The Morgan fingerprint density at radius 2 is 1.84 bits per heavy atom. The van der Waals surface area contributed by atoms with Crippen LogP contribution in [0.3, 0.4) is 0 Å². The summed E-state index contributed by atoms with van der Waals surface area (Å²) >= 11 is 0. The molecule has 4 heterocycles. The van der Waals surface area contributed by atoms with Gasteiger partial charge in [0, 0.05) is 44.5 Å². The first-order chi connectivity index (χ1) is 17.6. The molecule has 1 saturated heterocycles. The Morgan fingerprint density at radius 1 is 1.08 bits per heavy atom. The van der Waals surface area contributed by atoms with Gasteiger partial charge in [-0.25, -0.2) is 19.6 Å². The monoisotopic (exact) mass is 514 g/mol. The van der Waals surface area contributed by atoms with Crippen molar-refractivity contribution in [2.24, 2.45) is 0 Å². The molecule has 1 fully saturated rings. The molecule has 2 aromatic heterocycles. The maximum absolute atomic E-state index is 13.0. The number of anilines is 2. The lowest BCUT2D eigenvalue weighted by Gasteiger charge is -2.43. The Balaban J connectivity index is 1.29. The van der Waals surface area contributed by atoms with Gasteiger partial charge in [-0.1, -0.05) is 12.1 Å². The summed E-state index contributed by atoms with van der Waals surface area (Å²) in [6, 6.07) is 6.23. The quantitative estimate of drug-likeness (QED) is 0.529. The van der Waals surface area contributed by atoms with Gasteiger partial charge in [0.1, 0.15) is 18.2 Å². The first-order valence-corrected chi connectivity index (χ1v) is 12.3. The molecule has 1 amide bonds. The first kappa shape index (κ1) is 25.0. The van der Waals surface area contributed by atoms with E-state index >= 15 is 0 Å². The number of rotatable bonds is 4. The Morgan fingerprint density at radius 3 is 2.49 bits per heavy atom. The predicted octanol–water partition coefficient (Wildman–Crippen LogP) is 3.00. The summed E-state index contributed by atoms with van der Waals surface area (Å²) in [6.07, 6.45) is -1.30. The largest absolute Gasteiger partial charge is 0.451 e. The van der Waals surface area contributed by atoms with Crippen molar-refractivity contribution in [2.45, 2.75) is 52.5 Å². The molecule has 5 rings (SSSR count). The average molecular weight is 515 g/mol. The molecule has 196 valence electrons. The minimum Gasteiger partial charge on any atom is -0.367 e. The predicted molar refractivity (Wildman–Crippen MR) is 131 cm³/mol. The molecule has 0 saturated carbocycles. The molecule has 0 bridgehead atoms. The lowest BCUT2D eigenvalue weighted by atomic mass is 9.96. The lowest BCUT2D eigenvalue weighted by molar-refractivity contribution is -0.145. The zero-order valence-electron chi connectivity index (χ0n) is 21.0. The van der Waals surface area contributed by atoms with Crippen LogP contribution in [0.4, 0.5) is 24.5 Å². The summed E-state index contributed by atoms with van der Waals surface area (Å²) in [7, 11) is 0. The summed E-state index contributed by atoms with van der Waals surface area (Å²) in [5.74, 6) is 0.249. The second kappa shape index (κ2) is 9.64. The molecule has 1 unspecified atom stereocenters. The third-order valence-corrected chi connectivity index (χ3v) is 7.04. The van der Waals surface area contributed by atoms with Gasteiger partial charge in [0.05, 0.1) is 18.1 Å². The van der Waals surface area contributed by atoms with Crippen LogP contribution >= 0.6 is 0 Å². The van der Waals surface area contributed by atoms with Crippen LogP contribution in [0.1, 0.15) is 35.5 Å². The van der Waals surface area contributed by atoms with Gasteiger partial charge in [0.15, 0.2) is 0 Å². The zero-order valence-corrected chi connectivity index (χ0v) is 21.0. The maximum Gasteiger partial charge on any atom is 0.451 e. The molecule has 37 heavy (non-hydrogen) atoms. The normalized spacial score (nSPS) is 18.2. The van der Waals surface area contributed by atoms with E-state index in [9.17, 15) is 18.0 Å². The Kier molecular flexibility index (Phi) is 6.50. The van der Waals surface area contributed by atoms with E-state index < -0.39 is 12.0 Å². The molecule has 2 aliphatic rings. The van der Waals surface area contributed by atoms with Crippen LogP contribution in [0, 0.1) is 13.8 Å². The molecule has 0 N–H and O–H groups in total. The molecule has 1 atom stereocenters. The number of carbonyl (C=O) groups is 1. The molecular weight excluding hydrogens is 485 g/mol. The highest BCUT2D eigenvalue weighted by molar-refractivity contribution is 5.77. The van der Waals surface area contributed by atoms with E-state index in [1.54, 1.807) is 4.68 Å². The molecule has 0 radical (unpaired) electrons. The van der Waals surface area contributed by atoms with Gasteiger partial charge in [-0.3, -0.25) is 4.79 Å². The Bertz CT molecular complexity index is 1290. The highest BCUT2D eigenvalue weighted by atomic mass is 19.4. The number of nitrogens with zero attached hydrogens (tertiary/aromatic N) is 8. The van der Waals surface area contributed by atoms with E-state index in [1.165, 1.54) is 18.0 Å². The number of amides is 1. The second-order valence-electron chi connectivity index (χ2n) is 9.60. The minimum atomic E-state index is -4.56. The number of alkyl halides is 3. The van der Waals surface area contributed by atoms with Crippen LogP contribution in [0.25, 0.3) is 0 Å². The van der Waals surface area contributed by atoms with Crippen LogP contribution in [0.15, 0.2) is 30.6 Å². The highest BCUT2D eigenvalue weighted by Crippen LogP contribution is 2.33.